The number of methoxy groups -OCH3 is 1. The molecule has 0 aromatic heterocycles. The zero-order valence-corrected chi connectivity index (χ0v) is 18.9. The SMILES string of the molecule is CCC/C=C(/CCCC)C(O[Si](CC)(CC)CC)c1ccc(OC)cc1. The summed E-state index contributed by atoms with van der Waals surface area (Å²) in [6.45, 7) is 11.5. The number of hydrogen-bond donors (Lipinski definition) is 0. The van der Waals surface area contributed by atoms with Gasteiger partial charge in [-0.2, -0.15) is 0 Å². The van der Waals surface area contributed by atoms with Crippen molar-refractivity contribution < 1.29 is 9.16 Å². The lowest BCUT2D eigenvalue weighted by atomic mass is 9.96. The molecule has 0 bridgehead atoms. The Morgan fingerprint density at radius 2 is 1.58 bits per heavy atom. The maximum absolute atomic E-state index is 7.03. The van der Waals surface area contributed by atoms with Crippen molar-refractivity contribution in [2.24, 2.45) is 0 Å². The van der Waals surface area contributed by atoms with Crippen molar-refractivity contribution in [1.82, 2.24) is 0 Å². The minimum absolute atomic E-state index is 0.102. The van der Waals surface area contributed by atoms with Gasteiger partial charge in [0.1, 0.15) is 5.75 Å². The highest BCUT2D eigenvalue weighted by atomic mass is 28.4. The van der Waals surface area contributed by atoms with E-state index < -0.39 is 8.32 Å². The van der Waals surface area contributed by atoms with E-state index in [1.54, 1.807) is 7.11 Å². The first-order chi connectivity index (χ1) is 12.6. The van der Waals surface area contributed by atoms with Crippen molar-refractivity contribution in [3.8, 4) is 5.75 Å². The fraction of sp³-hybridized carbons (Fsp3) is 0.652. The number of unbranched alkanes of at least 4 members (excludes halogenated alkanes) is 2. The molecule has 0 amide bonds. The molecule has 2 nitrogen and oxygen atoms in total. The standard InChI is InChI=1S/C23H40O2Si/c1-7-12-14-20(15-13-8-2)23(25-26(9-3,10-4)11-5)21-16-18-22(24-6)19-17-21/h14,16-19,23H,7-13,15H2,1-6H3/b20-14-. The number of rotatable bonds is 13. The molecule has 1 unspecified atom stereocenters. The third-order valence-corrected chi connectivity index (χ3v) is 10.2. The van der Waals surface area contributed by atoms with E-state index in [1.807, 2.05) is 0 Å². The van der Waals surface area contributed by atoms with Gasteiger partial charge in [0.15, 0.2) is 8.32 Å². The Labute approximate surface area is 163 Å². The molecule has 1 atom stereocenters. The lowest BCUT2D eigenvalue weighted by Crippen LogP contribution is -2.37. The highest BCUT2D eigenvalue weighted by Gasteiger charge is 2.33. The molecular weight excluding hydrogens is 336 g/mol. The fourth-order valence-electron chi connectivity index (χ4n) is 3.44. The molecule has 26 heavy (non-hydrogen) atoms. The second-order valence-corrected chi connectivity index (χ2v) is 11.9. The van der Waals surface area contributed by atoms with Gasteiger partial charge >= 0.3 is 0 Å². The number of ether oxygens (including phenoxy) is 1. The molecular formula is C23H40O2Si. The minimum Gasteiger partial charge on any atom is -0.497 e. The Morgan fingerprint density at radius 1 is 0.962 bits per heavy atom. The van der Waals surface area contributed by atoms with Gasteiger partial charge in [-0.1, -0.05) is 65.7 Å². The fourth-order valence-corrected chi connectivity index (χ4v) is 6.22. The average Bonchev–Trinajstić information content (AvgIpc) is 2.70. The molecule has 0 aliphatic rings. The van der Waals surface area contributed by atoms with Crippen molar-refractivity contribution in [1.29, 1.82) is 0 Å². The zero-order valence-electron chi connectivity index (χ0n) is 17.9. The first-order valence-electron chi connectivity index (χ1n) is 10.6. The number of benzene rings is 1. The van der Waals surface area contributed by atoms with Gasteiger partial charge in [-0.15, -0.1) is 0 Å². The van der Waals surface area contributed by atoms with Crippen LogP contribution in [0.25, 0.3) is 0 Å². The quantitative estimate of drug-likeness (QED) is 0.260. The molecule has 148 valence electrons. The summed E-state index contributed by atoms with van der Waals surface area (Å²) in [5.74, 6) is 0.908. The van der Waals surface area contributed by atoms with E-state index in [2.05, 4.69) is 65.0 Å². The Hall–Kier alpha value is -1.06. The predicted octanol–water partition coefficient (Wildman–Crippen LogP) is 7.67. The highest BCUT2D eigenvalue weighted by Crippen LogP contribution is 2.37. The van der Waals surface area contributed by atoms with Crippen LogP contribution in [0.3, 0.4) is 0 Å². The van der Waals surface area contributed by atoms with Gasteiger partial charge < -0.3 is 9.16 Å². The molecule has 1 aromatic rings. The zero-order chi connectivity index (χ0) is 19.4. The van der Waals surface area contributed by atoms with Crippen molar-refractivity contribution in [2.45, 2.75) is 91.0 Å². The summed E-state index contributed by atoms with van der Waals surface area (Å²) in [7, 11) is 0.0238. The maximum atomic E-state index is 7.03. The van der Waals surface area contributed by atoms with E-state index in [4.69, 9.17) is 9.16 Å². The van der Waals surface area contributed by atoms with Crippen LogP contribution in [0, 0.1) is 0 Å². The third-order valence-electron chi connectivity index (χ3n) is 5.57. The van der Waals surface area contributed by atoms with Crippen molar-refractivity contribution >= 4 is 8.32 Å². The second kappa shape index (κ2) is 12.3. The summed E-state index contributed by atoms with van der Waals surface area (Å²) in [6, 6.07) is 12.1. The molecule has 0 radical (unpaired) electrons. The van der Waals surface area contributed by atoms with E-state index in [9.17, 15) is 0 Å². The van der Waals surface area contributed by atoms with Crippen LogP contribution in [0.15, 0.2) is 35.9 Å². The monoisotopic (exact) mass is 376 g/mol. The predicted molar refractivity (Wildman–Crippen MR) is 117 cm³/mol. The van der Waals surface area contributed by atoms with E-state index in [0.29, 0.717) is 0 Å². The molecule has 0 aliphatic heterocycles. The van der Waals surface area contributed by atoms with Crippen molar-refractivity contribution in [3.05, 3.63) is 41.5 Å². The Balaban J connectivity index is 3.27. The van der Waals surface area contributed by atoms with Crippen LogP contribution >= 0.6 is 0 Å². The van der Waals surface area contributed by atoms with Gasteiger partial charge in [-0.25, -0.2) is 0 Å². The second-order valence-electron chi connectivity index (χ2n) is 7.19. The molecule has 0 heterocycles. The molecule has 0 fully saturated rings. The largest absolute Gasteiger partial charge is 0.497 e. The molecule has 0 aliphatic carbocycles. The molecule has 0 saturated heterocycles. The molecule has 0 spiro atoms. The van der Waals surface area contributed by atoms with E-state index >= 15 is 0 Å². The molecule has 0 saturated carbocycles. The van der Waals surface area contributed by atoms with E-state index in [0.717, 1.165) is 18.6 Å². The van der Waals surface area contributed by atoms with Gasteiger partial charge in [0.2, 0.25) is 0 Å². The molecule has 3 heteroatoms. The lowest BCUT2D eigenvalue weighted by Gasteiger charge is -2.35. The third kappa shape index (κ3) is 6.59. The minimum atomic E-state index is -1.70. The summed E-state index contributed by atoms with van der Waals surface area (Å²) in [5, 5.41) is 0. The number of allylic oxidation sites excluding steroid dienone is 1. The van der Waals surface area contributed by atoms with Crippen molar-refractivity contribution in [2.75, 3.05) is 7.11 Å². The van der Waals surface area contributed by atoms with Crippen LogP contribution in [-0.4, -0.2) is 15.4 Å². The Kier molecular flexibility index (Phi) is 10.9. The summed E-state index contributed by atoms with van der Waals surface area (Å²) < 4.78 is 12.4. The van der Waals surface area contributed by atoms with Gasteiger partial charge in [0.25, 0.3) is 0 Å². The van der Waals surface area contributed by atoms with Gasteiger partial charge in [0.05, 0.1) is 13.2 Å². The van der Waals surface area contributed by atoms with Gasteiger partial charge in [0, 0.05) is 0 Å². The Bertz CT molecular complexity index is 509. The van der Waals surface area contributed by atoms with E-state index in [1.165, 1.54) is 48.5 Å². The Morgan fingerprint density at radius 3 is 2.04 bits per heavy atom. The van der Waals surface area contributed by atoms with E-state index in [-0.39, 0.29) is 6.10 Å². The summed E-state index contributed by atoms with van der Waals surface area (Å²) in [5.41, 5.74) is 2.75. The molecule has 1 rings (SSSR count). The first-order valence-corrected chi connectivity index (χ1v) is 13.1. The van der Waals surface area contributed by atoms with Gasteiger partial charge in [-0.3, -0.25) is 0 Å². The van der Waals surface area contributed by atoms with Crippen LogP contribution in [-0.2, 0) is 4.43 Å². The lowest BCUT2D eigenvalue weighted by molar-refractivity contribution is 0.220. The van der Waals surface area contributed by atoms with Crippen LogP contribution in [0.1, 0.15) is 78.4 Å². The average molecular weight is 377 g/mol. The summed E-state index contributed by atoms with van der Waals surface area (Å²) in [4.78, 5) is 0. The smallest absolute Gasteiger partial charge is 0.193 e. The van der Waals surface area contributed by atoms with Crippen LogP contribution in [0.2, 0.25) is 18.1 Å². The van der Waals surface area contributed by atoms with Crippen molar-refractivity contribution in [3.63, 3.8) is 0 Å². The summed E-state index contributed by atoms with van der Waals surface area (Å²) >= 11 is 0. The molecule has 0 N–H and O–H groups in total. The van der Waals surface area contributed by atoms with Gasteiger partial charge in [-0.05, 0) is 60.7 Å². The van der Waals surface area contributed by atoms with Crippen LogP contribution in [0.4, 0.5) is 0 Å². The summed E-state index contributed by atoms with van der Waals surface area (Å²) in [6.07, 6.45) is 8.45. The van der Waals surface area contributed by atoms with Crippen LogP contribution < -0.4 is 4.74 Å². The number of hydrogen-bond acceptors (Lipinski definition) is 2. The van der Waals surface area contributed by atoms with Crippen LogP contribution in [0.5, 0.6) is 5.75 Å². The maximum Gasteiger partial charge on any atom is 0.193 e. The normalized spacial score (nSPS) is 13.7. The molecule has 1 aromatic carbocycles. The topological polar surface area (TPSA) is 18.5 Å². The highest BCUT2D eigenvalue weighted by molar-refractivity contribution is 6.73. The first kappa shape index (κ1) is 23.0.